The summed E-state index contributed by atoms with van der Waals surface area (Å²) >= 11 is 0. The van der Waals surface area contributed by atoms with Gasteiger partial charge in [0, 0.05) is 6.07 Å². The molecular weight excluding hydrogens is 472 g/mol. The lowest BCUT2D eigenvalue weighted by Crippen LogP contribution is -2.15. The van der Waals surface area contributed by atoms with Gasteiger partial charge in [-0.25, -0.2) is 9.59 Å². The summed E-state index contributed by atoms with van der Waals surface area (Å²) in [4.78, 5) is 47.7. The van der Waals surface area contributed by atoms with Gasteiger partial charge >= 0.3 is 12.3 Å². The summed E-state index contributed by atoms with van der Waals surface area (Å²) in [5, 5.41) is 28.5. The van der Waals surface area contributed by atoms with E-state index in [9.17, 15) is 24.5 Å². The topological polar surface area (TPSA) is 191 Å². The van der Waals surface area contributed by atoms with Crippen molar-refractivity contribution in [2.24, 2.45) is 5.92 Å². The van der Waals surface area contributed by atoms with Crippen LogP contribution in [0.2, 0.25) is 0 Å². The molecule has 190 valence electrons. The monoisotopic (exact) mass is 496 g/mol. The Morgan fingerprint density at radius 3 is 2.26 bits per heavy atom. The smallest absolute Gasteiger partial charge is 0.493 e. The number of hydrogen-bond donors (Lipinski definition) is 1. The van der Waals surface area contributed by atoms with Gasteiger partial charge < -0.3 is 28.8 Å². The standard InChI is InChI=1S/C20H24N4O11/c1-10(2)8-33-20(28)34-9-23-21-16(11(3)35-19(26)27)17(22-23)18(25)12-6-14(31-4)15(32-5)7-13(12)24(29)30/h6-7,10-11H,8-9H2,1-5H3,(H,26,27). The molecule has 0 spiro atoms. The van der Waals surface area contributed by atoms with Gasteiger partial charge in [0.05, 0.1) is 31.8 Å². The fourth-order valence-corrected chi connectivity index (χ4v) is 2.78. The van der Waals surface area contributed by atoms with E-state index in [0.717, 1.165) is 16.9 Å². The molecule has 1 unspecified atom stereocenters. The first-order valence-corrected chi connectivity index (χ1v) is 10.1. The van der Waals surface area contributed by atoms with Crippen molar-refractivity contribution in [1.29, 1.82) is 0 Å². The molecule has 1 atom stereocenters. The zero-order valence-corrected chi connectivity index (χ0v) is 19.5. The third-order valence-electron chi connectivity index (χ3n) is 4.33. The van der Waals surface area contributed by atoms with E-state index in [2.05, 4.69) is 14.9 Å². The van der Waals surface area contributed by atoms with E-state index < -0.39 is 52.8 Å². The van der Waals surface area contributed by atoms with Crippen molar-refractivity contribution in [3.05, 3.63) is 39.2 Å². The molecule has 2 rings (SSSR count). The van der Waals surface area contributed by atoms with Gasteiger partial charge in [-0.05, 0) is 12.8 Å². The predicted molar refractivity (Wildman–Crippen MR) is 114 cm³/mol. The number of aromatic nitrogens is 3. The second kappa shape index (κ2) is 11.6. The summed E-state index contributed by atoms with van der Waals surface area (Å²) in [5.74, 6) is -0.883. The Kier molecular flexibility index (Phi) is 8.91. The van der Waals surface area contributed by atoms with Crippen LogP contribution in [0, 0.1) is 16.0 Å². The minimum absolute atomic E-state index is 0.00974. The number of carboxylic acid groups (broad SMARTS) is 1. The molecule has 15 nitrogen and oxygen atoms in total. The molecule has 0 saturated heterocycles. The summed E-state index contributed by atoms with van der Waals surface area (Å²) < 4.78 is 24.6. The Balaban J connectivity index is 2.49. The molecule has 1 N–H and O–H groups in total. The van der Waals surface area contributed by atoms with E-state index >= 15 is 0 Å². The number of nitrogens with zero attached hydrogens (tertiary/aromatic N) is 4. The lowest BCUT2D eigenvalue weighted by molar-refractivity contribution is -0.385. The van der Waals surface area contributed by atoms with Gasteiger partial charge in [-0.3, -0.25) is 14.9 Å². The van der Waals surface area contributed by atoms with Gasteiger partial charge in [-0.15, -0.1) is 9.90 Å². The van der Waals surface area contributed by atoms with Crippen LogP contribution in [0.5, 0.6) is 11.5 Å². The van der Waals surface area contributed by atoms with Crippen LogP contribution in [0.3, 0.4) is 0 Å². The van der Waals surface area contributed by atoms with Crippen molar-refractivity contribution in [3.63, 3.8) is 0 Å². The molecule has 0 saturated carbocycles. The van der Waals surface area contributed by atoms with Crippen LogP contribution in [0.25, 0.3) is 0 Å². The van der Waals surface area contributed by atoms with Crippen LogP contribution >= 0.6 is 0 Å². The summed E-state index contributed by atoms with van der Waals surface area (Å²) in [7, 11) is 2.54. The molecule has 0 amide bonds. The molecule has 0 fully saturated rings. The van der Waals surface area contributed by atoms with Crippen molar-refractivity contribution in [2.45, 2.75) is 33.6 Å². The maximum Gasteiger partial charge on any atom is 0.510 e. The van der Waals surface area contributed by atoms with E-state index in [1.807, 2.05) is 13.8 Å². The minimum atomic E-state index is -1.66. The van der Waals surface area contributed by atoms with Crippen LogP contribution < -0.4 is 9.47 Å². The molecule has 1 heterocycles. The first-order valence-electron chi connectivity index (χ1n) is 10.1. The summed E-state index contributed by atoms with van der Waals surface area (Å²) in [6.45, 7) is 4.44. The van der Waals surface area contributed by atoms with Crippen LogP contribution in [0.4, 0.5) is 15.3 Å². The number of benzene rings is 1. The SMILES string of the molecule is COc1cc(C(=O)c2nn(COC(=O)OCC(C)C)nc2C(C)OC(=O)O)c([N+](=O)[O-])cc1OC. The van der Waals surface area contributed by atoms with E-state index in [1.165, 1.54) is 21.1 Å². The lowest BCUT2D eigenvalue weighted by Gasteiger charge is -2.11. The first-order chi connectivity index (χ1) is 16.5. The number of carbonyl (C=O) groups excluding carboxylic acids is 2. The molecule has 0 aliphatic carbocycles. The maximum absolute atomic E-state index is 13.3. The number of nitro benzene ring substituents is 1. The molecule has 1 aromatic carbocycles. The van der Waals surface area contributed by atoms with Gasteiger partial charge in [0.15, 0.2) is 17.2 Å². The van der Waals surface area contributed by atoms with Crippen LogP contribution in [-0.2, 0) is 20.9 Å². The number of nitro groups is 1. The second-order valence-electron chi connectivity index (χ2n) is 7.37. The molecule has 35 heavy (non-hydrogen) atoms. The van der Waals surface area contributed by atoms with Gasteiger partial charge in [0.1, 0.15) is 17.4 Å². The lowest BCUT2D eigenvalue weighted by atomic mass is 10.0. The van der Waals surface area contributed by atoms with E-state index in [4.69, 9.17) is 24.1 Å². The van der Waals surface area contributed by atoms with Crippen molar-refractivity contribution in [2.75, 3.05) is 20.8 Å². The quantitative estimate of drug-likeness (QED) is 0.207. The number of ketones is 1. The van der Waals surface area contributed by atoms with Crippen molar-refractivity contribution < 1.29 is 48.1 Å². The summed E-state index contributed by atoms with van der Waals surface area (Å²) in [6.07, 6.45) is -3.97. The molecule has 2 aromatic rings. The fraction of sp³-hybridized carbons (Fsp3) is 0.450. The third-order valence-corrected chi connectivity index (χ3v) is 4.33. The number of ether oxygens (including phenoxy) is 5. The third kappa shape index (κ3) is 6.78. The molecule has 0 aliphatic heterocycles. The number of carbonyl (C=O) groups is 3. The molecular formula is C20H24N4O11. The molecule has 1 aromatic heterocycles. The normalized spacial score (nSPS) is 11.5. The minimum Gasteiger partial charge on any atom is -0.493 e. The summed E-state index contributed by atoms with van der Waals surface area (Å²) in [5.41, 5.74) is -1.77. The van der Waals surface area contributed by atoms with Crippen molar-refractivity contribution in [3.8, 4) is 11.5 Å². The predicted octanol–water partition coefficient (Wildman–Crippen LogP) is 2.96. The van der Waals surface area contributed by atoms with Crippen molar-refractivity contribution in [1.82, 2.24) is 15.0 Å². The highest BCUT2D eigenvalue weighted by Crippen LogP contribution is 2.36. The van der Waals surface area contributed by atoms with Gasteiger partial charge in [0.25, 0.3) is 5.69 Å². The maximum atomic E-state index is 13.3. The zero-order valence-electron chi connectivity index (χ0n) is 19.5. The highest BCUT2D eigenvalue weighted by atomic mass is 16.7. The molecule has 0 aliphatic rings. The Morgan fingerprint density at radius 2 is 1.71 bits per heavy atom. The zero-order chi connectivity index (χ0) is 26.3. The first kappa shape index (κ1) is 26.8. The highest BCUT2D eigenvalue weighted by Gasteiger charge is 2.32. The van der Waals surface area contributed by atoms with E-state index in [0.29, 0.717) is 0 Å². The van der Waals surface area contributed by atoms with Crippen LogP contribution in [0.1, 0.15) is 48.6 Å². The molecule has 0 radical (unpaired) electrons. The van der Waals surface area contributed by atoms with Crippen LogP contribution in [-0.4, -0.2) is 63.9 Å². The fourth-order valence-electron chi connectivity index (χ4n) is 2.78. The molecule has 0 bridgehead atoms. The Hall–Kier alpha value is -4.43. The Labute approximate surface area is 198 Å². The van der Waals surface area contributed by atoms with Crippen molar-refractivity contribution >= 4 is 23.8 Å². The van der Waals surface area contributed by atoms with Gasteiger partial charge in [0.2, 0.25) is 12.5 Å². The molecule has 15 heteroatoms. The Morgan fingerprint density at radius 1 is 1.09 bits per heavy atom. The van der Waals surface area contributed by atoms with Gasteiger partial charge in [-0.2, -0.15) is 5.10 Å². The van der Waals surface area contributed by atoms with Crippen LogP contribution in [0.15, 0.2) is 12.1 Å². The number of hydrogen-bond acceptors (Lipinski definition) is 12. The average Bonchev–Trinajstić information content (AvgIpc) is 3.24. The number of rotatable bonds is 11. The highest BCUT2D eigenvalue weighted by molar-refractivity contribution is 6.11. The van der Waals surface area contributed by atoms with E-state index in [1.54, 1.807) is 0 Å². The van der Waals surface area contributed by atoms with E-state index in [-0.39, 0.29) is 29.7 Å². The second-order valence-corrected chi connectivity index (χ2v) is 7.37. The number of methoxy groups -OCH3 is 2. The Bertz CT molecular complexity index is 1110. The van der Waals surface area contributed by atoms with Gasteiger partial charge in [-0.1, -0.05) is 13.8 Å². The average molecular weight is 496 g/mol. The largest absolute Gasteiger partial charge is 0.510 e. The summed E-state index contributed by atoms with van der Waals surface area (Å²) in [6, 6.07) is 2.09.